The summed E-state index contributed by atoms with van der Waals surface area (Å²) in [7, 11) is 1.79. The lowest BCUT2D eigenvalue weighted by molar-refractivity contribution is 1.43. The van der Waals surface area contributed by atoms with Crippen LogP contribution in [0.15, 0.2) is 29.3 Å². The Bertz CT molecular complexity index is 141. The predicted octanol–water partition coefficient (Wildman–Crippen LogP) is 3.24. The van der Waals surface area contributed by atoms with Gasteiger partial charge in [0, 0.05) is 12.8 Å². The SMILES string of the molecule is C/C=C/C=C\C(C)=NC.CC. The summed E-state index contributed by atoms with van der Waals surface area (Å²) in [4.78, 5) is 3.96. The highest BCUT2D eigenvalue weighted by Crippen LogP contribution is 1.80. The first-order chi connectivity index (χ1) is 5.31. The molecule has 0 rings (SSSR count). The third kappa shape index (κ3) is 12.4. The van der Waals surface area contributed by atoms with E-state index >= 15 is 0 Å². The predicted molar refractivity (Wildman–Crippen MR) is 54.3 cm³/mol. The van der Waals surface area contributed by atoms with Crippen LogP contribution in [0.2, 0.25) is 0 Å². The molecule has 0 heterocycles. The van der Waals surface area contributed by atoms with E-state index in [1.807, 2.05) is 52.0 Å². The first-order valence-electron chi connectivity index (χ1n) is 4.04. The molecular formula is C10H19N. The van der Waals surface area contributed by atoms with Crippen molar-refractivity contribution in [3.63, 3.8) is 0 Å². The fourth-order valence-corrected chi connectivity index (χ4v) is 0.380. The number of hydrogen-bond donors (Lipinski definition) is 0. The number of aliphatic imine (C=N–C) groups is 1. The van der Waals surface area contributed by atoms with E-state index < -0.39 is 0 Å². The third-order valence-electron chi connectivity index (χ3n) is 0.994. The minimum atomic E-state index is 1.05. The van der Waals surface area contributed by atoms with Crippen molar-refractivity contribution in [2.24, 2.45) is 4.99 Å². The van der Waals surface area contributed by atoms with E-state index in [4.69, 9.17) is 0 Å². The van der Waals surface area contributed by atoms with Gasteiger partial charge in [-0.15, -0.1) is 0 Å². The Morgan fingerprint density at radius 2 is 1.73 bits per heavy atom. The standard InChI is InChI=1S/C8H13N.C2H6/c1-4-5-6-7-8(2)9-3;1-2/h4-7H,1-3H3;1-2H3/b5-4+,7-6-,9-8?;. The van der Waals surface area contributed by atoms with E-state index in [0.717, 1.165) is 5.71 Å². The zero-order valence-electron chi connectivity index (χ0n) is 8.26. The second kappa shape index (κ2) is 11.9. The molecule has 0 spiro atoms. The van der Waals surface area contributed by atoms with Gasteiger partial charge in [-0.25, -0.2) is 0 Å². The van der Waals surface area contributed by atoms with Crippen molar-refractivity contribution >= 4 is 5.71 Å². The largest absolute Gasteiger partial charge is 0.293 e. The van der Waals surface area contributed by atoms with E-state index in [-0.39, 0.29) is 0 Å². The molecule has 0 aromatic rings. The molecule has 1 nitrogen and oxygen atoms in total. The van der Waals surface area contributed by atoms with E-state index in [1.165, 1.54) is 0 Å². The van der Waals surface area contributed by atoms with Crippen LogP contribution in [0.25, 0.3) is 0 Å². The van der Waals surface area contributed by atoms with Crippen LogP contribution in [0.1, 0.15) is 27.7 Å². The number of hydrogen-bond acceptors (Lipinski definition) is 1. The second-order valence-corrected chi connectivity index (χ2v) is 1.75. The Balaban J connectivity index is 0. The van der Waals surface area contributed by atoms with E-state index in [1.54, 1.807) is 7.05 Å². The molecule has 1 heteroatoms. The molecule has 0 aliphatic carbocycles. The lowest BCUT2D eigenvalue weighted by atomic mass is 10.3. The molecule has 0 radical (unpaired) electrons. The highest BCUT2D eigenvalue weighted by atomic mass is 14.7. The molecule has 0 atom stereocenters. The maximum atomic E-state index is 3.96. The summed E-state index contributed by atoms with van der Waals surface area (Å²) in [6.45, 7) is 7.96. The summed E-state index contributed by atoms with van der Waals surface area (Å²) in [5.74, 6) is 0. The summed E-state index contributed by atoms with van der Waals surface area (Å²) in [6.07, 6.45) is 7.91. The lowest BCUT2D eigenvalue weighted by Crippen LogP contribution is -1.80. The summed E-state index contributed by atoms with van der Waals surface area (Å²) in [5, 5.41) is 0. The van der Waals surface area contributed by atoms with Gasteiger partial charge in [-0.2, -0.15) is 0 Å². The molecule has 0 aliphatic heterocycles. The van der Waals surface area contributed by atoms with Gasteiger partial charge in [0.2, 0.25) is 0 Å². The minimum absolute atomic E-state index is 1.05. The highest BCUT2D eigenvalue weighted by Gasteiger charge is 1.73. The number of nitrogens with zero attached hydrogens (tertiary/aromatic N) is 1. The van der Waals surface area contributed by atoms with Crippen LogP contribution in [-0.4, -0.2) is 12.8 Å². The van der Waals surface area contributed by atoms with Gasteiger partial charge in [0.25, 0.3) is 0 Å². The van der Waals surface area contributed by atoms with Crippen molar-refractivity contribution in [3.05, 3.63) is 24.3 Å². The van der Waals surface area contributed by atoms with Crippen LogP contribution in [0, 0.1) is 0 Å². The van der Waals surface area contributed by atoms with Gasteiger partial charge in [0.05, 0.1) is 0 Å². The molecule has 0 aromatic heterocycles. The minimum Gasteiger partial charge on any atom is -0.293 e. The zero-order chi connectivity index (χ0) is 9.11. The average Bonchev–Trinajstić information content (AvgIpc) is 2.08. The van der Waals surface area contributed by atoms with Crippen LogP contribution >= 0.6 is 0 Å². The van der Waals surface area contributed by atoms with Gasteiger partial charge in [0.15, 0.2) is 0 Å². The Kier molecular flexibility index (Phi) is 13.8. The van der Waals surface area contributed by atoms with Crippen molar-refractivity contribution < 1.29 is 0 Å². The van der Waals surface area contributed by atoms with Crippen molar-refractivity contribution in [1.82, 2.24) is 0 Å². The van der Waals surface area contributed by atoms with E-state index in [9.17, 15) is 0 Å². The molecule has 0 aromatic carbocycles. The molecule has 0 saturated heterocycles. The van der Waals surface area contributed by atoms with Crippen molar-refractivity contribution in [1.29, 1.82) is 0 Å². The topological polar surface area (TPSA) is 12.4 Å². The highest BCUT2D eigenvalue weighted by molar-refractivity contribution is 5.92. The van der Waals surface area contributed by atoms with Crippen LogP contribution in [0.3, 0.4) is 0 Å². The van der Waals surface area contributed by atoms with E-state index in [0.29, 0.717) is 0 Å². The molecule has 0 saturated carbocycles. The monoisotopic (exact) mass is 153 g/mol. The first kappa shape index (κ1) is 12.8. The quantitative estimate of drug-likeness (QED) is 0.426. The van der Waals surface area contributed by atoms with Crippen LogP contribution < -0.4 is 0 Å². The number of rotatable bonds is 2. The van der Waals surface area contributed by atoms with Crippen molar-refractivity contribution in [3.8, 4) is 0 Å². The molecule has 0 bridgehead atoms. The van der Waals surface area contributed by atoms with Gasteiger partial charge in [0.1, 0.15) is 0 Å². The summed E-state index contributed by atoms with van der Waals surface area (Å²) >= 11 is 0. The molecule has 0 fully saturated rings. The fraction of sp³-hybridized carbons (Fsp3) is 0.500. The molecule has 0 N–H and O–H groups in total. The molecular weight excluding hydrogens is 134 g/mol. The Hall–Kier alpha value is -0.850. The second-order valence-electron chi connectivity index (χ2n) is 1.75. The summed E-state index contributed by atoms with van der Waals surface area (Å²) in [6, 6.07) is 0. The van der Waals surface area contributed by atoms with Crippen LogP contribution in [0.5, 0.6) is 0 Å². The maximum Gasteiger partial charge on any atom is 0.0313 e. The Morgan fingerprint density at radius 1 is 1.18 bits per heavy atom. The molecule has 0 aliphatic rings. The smallest absolute Gasteiger partial charge is 0.0313 e. The molecule has 11 heavy (non-hydrogen) atoms. The normalized spacial score (nSPS) is 11.9. The van der Waals surface area contributed by atoms with Gasteiger partial charge < -0.3 is 0 Å². The van der Waals surface area contributed by atoms with Gasteiger partial charge in [-0.3, -0.25) is 4.99 Å². The Morgan fingerprint density at radius 3 is 2.09 bits per heavy atom. The maximum absolute atomic E-state index is 3.96. The van der Waals surface area contributed by atoms with Crippen molar-refractivity contribution in [2.75, 3.05) is 7.05 Å². The molecule has 64 valence electrons. The third-order valence-corrected chi connectivity index (χ3v) is 0.994. The zero-order valence-corrected chi connectivity index (χ0v) is 8.26. The average molecular weight is 153 g/mol. The fourth-order valence-electron chi connectivity index (χ4n) is 0.380. The van der Waals surface area contributed by atoms with Crippen molar-refractivity contribution in [2.45, 2.75) is 27.7 Å². The first-order valence-corrected chi connectivity index (χ1v) is 4.04. The van der Waals surface area contributed by atoms with Crippen LogP contribution in [-0.2, 0) is 0 Å². The summed E-state index contributed by atoms with van der Waals surface area (Å²) < 4.78 is 0. The van der Waals surface area contributed by atoms with Gasteiger partial charge in [-0.1, -0.05) is 32.1 Å². The molecule has 0 unspecified atom stereocenters. The molecule has 0 amide bonds. The van der Waals surface area contributed by atoms with Crippen LogP contribution in [0.4, 0.5) is 0 Å². The van der Waals surface area contributed by atoms with Gasteiger partial charge >= 0.3 is 0 Å². The summed E-state index contributed by atoms with van der Waals surface area (Å²) in [5.41, 5.74) is 1.05. The Labute approximate surface area is 70.5 Å². The van der Waals surface area contributed by atoms with Gasteiger partial charge in [-0.05, 0) is 19.9 Å². The lowest BCUT2D eigenvalue weighted by Gasteiger charge is -1.82. The van der Waals surface area contributed by atoms with E-state index in [2.05, 4.69) is 4.99 Å². The number of allylic oxidation sites excluding steroid dienone is 4.